The van der Waals surface area contributed by atoms with Crippen molar-refractivity contribution in [3.05, 3.63) is 18.1 Å². The van der Waals surface area contributed by atoms with Gasteiger partial charge in [-0.2, -0.15) is 0 Å². The Morgan fingerprint density at radius 3 is 2.76 bits per heavy atom. The van der Waals surface area contributed by atoms with E-state index in [1.165, 1.54) is 6.42 Å². The number of nitrogens with zero attached hydrogens (tertiary/aromatic N) is 2. The molecule has 0 radical (unpaired) electrons. The minimum absolute atomic E-state index is 0.0307. The van der Waals surface area contributed by atoms with E-state index in [1.807, 2.05) is 12.3 Å². The normalized spacial score (nSPS) is 17.9. The molecule has 0 aromatic carbocycles. The zero-order valence-electron chi connectivity index (χ0n) is 10.9. The molecule has 0 bridgehead atoms. The lowest BCUT2D eigenvalue weighted by molar-refractivity contribution is -0.0601. The van der Waals surface area contributed by atoms with Gasteiger partial charge in [0.1, 0.15) is 11.6 Å². The van der Waals surface area contributed by atoms with E-state index in [9.17, 15) is 0 Å². The Bertz CT molecular complexity index is 369. The van der Waals surface area contributed by atoms with Gasteiger partial charge in [0.2, 0.25) is 0 Å². The summed E-state index contributed by atoms with van der Waals surface area (Å²) in [7, 11) is 1.79. The molecule has 0 aliphatic heterocycles. The van der Waals surface area contributed by atoms with E-state index < -0.39 is 0 Å². The smallest absolute Gasteiger partial charge is 0.133 e. The molecule has 4 nitrogen and oxygen atoms in total. The van der Waals surface area contributed by atoms with Crippen molar-refractivity contribution in [2.45, 2.75) is 44.6 Å². The Hall–Kier alpha value is -1.16. The van der Waals surface area contributed by atoms with E-state index in [1.54, 1.807) is 7.11 Å². The molecular formula is C13H21N3O. The molecule has 1 aromatic heterocycles. The van der Waals surface area contributed by atoms with Crippen LogP contribution in [0.15, 0.2) is 12.3 Å². The van der Waals surface area contributed by atoms with E-state index >= 15 is 0 Å². The van der Waals surface area contributed by atoms with Crippen LogP contribution in [0.4, 0.5) is 5.82 Å². The van der Waals surface area contributed by atoms with Crippen LogP contribution in [0, 0.1) is 0 Å². The SMILES string of the molecule is COC1(CNc2ccnc(C(C)C)n2)CCC1. The van der Waals surface area contributed by atoms with Crippen molar-refractivity contribution in [2.75, 3.05) is 19.0 Å². The molecule has 1 saturated carbocycles. The van der Waals surface area contributed by atoms with E-state index in [4.69, 9.17) is 4.74 Å². The maximum absolute atomic E-state index is 5.57. The minimum Gasteiger partial charge on any atom is -0.376 e. The van der Waals surface area contributed by atoms with E-state index in [2.05, 4.69) is 29.1 Å². The summed E-state index contributed by atoms with van der Waals surface area (Å²) in [4.78, 5) is 8.75. The summed E-state index contributed by atoms with van der Waals surface area (Å²) in [5.74, 6) is 2.14. The number of hydrogen-bond acceptors (Lipinski definition) is 4. The first-order valence-corrected chi connectivity index (χ1v) is 6.27. The van der Waals surface area contributed by atoms with Crippen LogP contribution < -0.4 is 5.32 Å². The second-order valence-corrected chi connectivity index (χ2v) is 5.05. The Balaban J connectivity index is 1.96. The first-order chi connectivity index (χ1) is 8.15. The van der Waals surface area contributed by atoms with E-state index in [0.29, 0.717) is 5.92 Å². The predicted octanol–water partition coefficient (Wildman–Crippen LogP) is 2.58. The molecule has 17 heavy (non-hydrogen) atoms. The maximum atomic E-state index is 5.57. The fourth-order valence-corrected chi connectivity index (χ4v) is 2.03. The van der Waals surface area contributed by atoms with E-state index in [-0.39, 0.29) is 5.60 Å². The number of hydrogen-bond donors (Lipinski definition) is 1. The topological polar surface area (TPSA) is 47.0 Å². The van der Waals surface area contributed by atoms with Crippen molar-refractivity contribution in [1.29, 1.82) is 0 Å². The Labute approximate surface area is 103 Å². The molecule has 94 valence electrons. The van der Waals surface area contributed by atoms with Gasteiger partial charge in [0.25, 0.3) is 0 Å². The van der Waals surface area contributed by atoms with Gasteiger partial charge in [0.05, 0.1) is 5.60 Å². The highest BCUT2D eigenvalue weighted by Gasteiger charge is 2.36. The lowest BCUT2D eigenvalue weighted by Gasteiger charge is -2.40. The molecule has 1 N–H and O–H groups in total. The number of rotatable bonds is 5. The third-order valence-electron chi connectivity index (χ3n) is 3.48. The maximum Gasteiger partial charge on any atom is 0.133 e. The lowest BCUT2D eigenvalue weighted by Crippen LogP contribution is -2.45. The average molecular weight is 235 g/mol. The summed E-state index contributed by atoms with van der Waals surface area (Å²) in [5.41, 5.74) is 0.0307. The molecular weight excluding hydrogens is 214 g/mol. The van der Waals surface area contributed by atoms with Crippen molar-refractivity contribution < 1.29 is 4.74 Å². The first kappa shape index (κ1) is 12.3. The molecule has 1 fully saturated rings. The van der Waals surface area contributed by atoms with Crippen LogP contribution in [0.5, 0.6) is 0 Å². The quantitative estimate of drug-likeness (QED) is 0.852. The van der Waals surface area contributed by atoms with Crippen molar-refractivity contribution in [2.24, 2.45) is 0 Å². The van der Waals surface area contributed by atoms with Crippen LogP contribution in [0.1, 0.15) is 44.9 Å². The van der Waals surface area contributed by atoms with Gasteiger partial charge in [-0.1, -0.05) is 13.8 Å². The van der Waals surface area contributed by atoms with Gasteiger partial charge in [-0.25, -0.2) is 9.97 Å². The molecule has 0 saturated heterocycles. The number of aromatic nitrogens is 2. The number of methoxy groups -OCH3 is 1. The Morgan fingerprint density at radius 2 is 2.24 bits per heavy atom. The third kappa shape index (κ3) is 2.75. The lowest BCUT2D eigenvalue weighted by atomic mass is 9.80. The zero-order valence-corrected chi connectivity index (χ0v) is 10.9. The number of ether oxygens (including phenoxy) is 1. The third-order valence-corrected chi connectivity index (χ3v) is 3.48. The Morgan fingerprint density at radius 1 is 1.47 bits per heavy atom. The van der Waals surface area contributed by atoms with Gasteiger partial charge in [0.15, 0.2) is 0 Å². The van der Waals surface area contributed by atoms with Crippen LogP contribution in [0.2, 0.25) is 0 Å². The highest BCUT2D eigenvalue weighted by Crippen LogP contribution is 2.34. The van der Waals surface area contributed by atoms with Crippen molar-refractivity contribution in [3.8, 4) is 0 Å². The van der Waals surface area contributed by atoms with Gasteiger partial charge >= 0.3 is 0 Å². The molecule has 0 unspecified atom stereocenters. The molecule has 0 spiro atoms. The molecule has 2 rings (SSSR count). The summed E-state index contributed by atoms with van der Waals surface area (Å²) in [6.07, 6.45) is 5.35. The highest BCUT2D eigenvalue weighted by molar-refractivity contribution is 5.34. The summed E-state index contributed by atoms with van der Waals surface area (Å²) in [5, 5.41) is 3.36. The van der Waals surface area contributed by atoms with Crippen LogP contribution in [-0.4, -0.2) is 29.2 Å². The summed E-state index contributed by atoms with van der Waals surface area (Å²) >= 11 is 0. The standard InChI is InChI=1S/C13H21N3O/c1-10(2)12-14-8-5-11(16-12)15-9-13(17-3)6-4-7-13/h5,8,10H,4,6-7,9H2,1-3H3,(H,14,15,16). The van der Waals surface area contributed by atoms with Gasteiger partial charge in [-0.15, -0.1) is 0 Å². The van der Waals surface area contributed by atoms with Gasteiger partial charge in [0, 0.05) is 25.8 Å². The molecule has 1 aliphatic rings. The Kier molecular flexibility index (Phi) is 3.62. The monoisotopic (exact) mass is 235 g/mol. The number of nitrogens with one attached hydrogen (secondary N) is 1. The fourth-order valence-electron chi connectivity index (χ4n) is 2.03. The molecule has 4 heteroatoms. The molecule has 1 aromatic rings. The second-order valence-electron chi connectivity index (χ2n) is 5.05. The molecule has 1 aliphatic carbocycles. The van der Waals surface area contributed by atoms with Gasteiger partial charge < -0.3 is 10.1 Å². The van der Waals surface area contributed by atoms with Crippen LogP contribution in [0.25, 0.3) is 0 Å². The van der Waals surface area contributed by atoms with Crippen LogP contribution >= 0.6 is 0 Å². The first-order valence-electron chi connectivity index (χ1n) is 6.27. The second kappa shape index (κ2) is 5.00. The zero-order chi connectivity index (χ0) is 12.3. The van der Waals surface area contributed by atoms with Crippen LogP contribution in [-0.2, 0) is 4.74 Å². The van der Waals surface area contributed by atoms with E-state index in [0.717, 1.165) is 31.0 Å². The highest BCUT2D eigenvalue weighted by atomic mass is 16.5. The van der Waals surface area contributed by atoms with Gasteiger partial charge in [-0.3, -0.25) is 0 Å². The van der Waals surface area contributed by atoms with Crippen molar-refractivity contribution in [3.63, 3.8) is 0 Å². The van der Waals surface area contributed by atoms with Gasteiger partial charge in [-0.05, 0) is 25.3 Å². The predicted molar refractivity (Wildman–Crippen MR) is 68.2 cm³/mol. The number of anilines is 1. The summed E-state index contributed by atoms with van der Waals surface area (Å²) in [6.45, 7) is 5.03. The van der Waals surface area contributed by atoms with Crippen molar-refractivity contribution >= 4 is 5.82 Å². The summed E-state index contributed by atoms with van der Waals surface area (Å²) < 4.78 is 5.57. The molecule has 0 amide bonds. The van der Waals surface area contributed by atoms with Crippen molar-refractivity contribution in [1.82, 2.24) is 9.97 Å². The summed E-state index contributed by atoms with van der Waals surface area (Å²) in [6, 6.07) is 1.91. The van der Waals surface area contributed by atoms with Crippen LogP contribution in [0.3, 0.4) is 0 Å². The largest absolute Gasteiger partial charge is 0.376 e. The molecule has 1 heterocycles. The average Bonchev–Trinajstić information content (AvgIpc) is 2.28. The fraction of sp³-hybridized carbons (Fsp3) is 0.692. The molecule has 0 atom stereocenters. The minimum atomic E-state index is 0.0307.